The number of nitrogens with zero attached hydrogens (tertiary/aromatic N) is 3. The SMILES string of the molecule is N#Cc1ccc(N2CCC[C@H]2COc2ccccc2)nc1. The van der Waals surface area contributed by atoms with E-state index in [1.54, 1.807) is 6.20 Å². The fourth-order valence-corrected chi connectivity index (χ4v) is 2.64. The molecule has 1 aromatic heterocycles. The first-order valence-corrected chi connectivity index (χ1v) is 7.17. The van der Waals surface area contributed by atoms with Crippen molar-refractivity contribution in [2.24, 2.45) is 0 Å². The van der Waals surface area contributed by atoms with E-state index in [2.05, 4.69) is 16.0 Å². The fourth-order valence-electron chi connectivity index (χ4n) is 2.64. The number of rotatable bonds is 4. The van der Waals surface area contributed by atoms with Gasteiger partial charge in [-0.2, -0.15) is 5.26 Å². The molecule has 2 aromatic rings. The molecule has 0 unspecified atom stereocenters. The van der Waals surface area contributed by atoms with Crippen molar-refractivity contribution in [3.8, 4) is 11.8 Å². The average Bonchev–Trinajstić information content (AvgIpc) is 3.02. The third-order valence-corrected chi connectivity index (χ3v) is 3.73. The van der Waals surface area contributed by atoms with Crippen molar-refractivity contribution in [1.29, 1.82) is 5.26 Å². The van der Waals surface area contributed by atoms with Gasteiger partial charge in [0.05, 0.1) is 11.6 Å². The molecule has 4 heteroatoms. The second kappa shape index (κ2) is 6.27. The van der Waals surface area contributed by atoms with Gasteiger partial charge in [-0.25, -0.2) is 4.98 Å². The van der Waals surface area contributed by atoms with E-state index in [0.717, 1.165) is 31.0 Å². The van der Waals surface area contributed by atoms with Crippen LogP contribution in [0.2, 0.25) is 0 Å². The quantitative estimate of drug-likeness (QED) is 0.863. The summed E-state index contributed by atoms with van der Waals surface area (Å²) in [5.74, 6) is 1.82. The van der Waals surface area contributed by atoms with E-state index in [1.165, 1.54) is 0 Å². The molecule has 1 atom stereocenters. The van der Waals surface area contributed by atoms with E-state index < -0.39 is 0 Å². The van der Waals surface area contributed by atoms with Gasteiger partial charge in [-0.15, -0.1) is 0 Å². The van der Waals surface area contributed by atoms with Gasteiger partial charge in [0, 0.05) is 12.7 Å². The molecule has 0 saturated carbocycles. The van der Waals surface area contributed by atoms with Crippen LogP contribution >= 0.6 is 0 Å². The normalized spacial score (nSPS) is 17.5. The van der Waals surface area contributed by atoms with Crippen LogP contribution in [0.25, 0.3) is 0 Å². The van der Waals surface area contributed by atoms with Gasteiger partial charge < -0.3 is 9.64 Å². The molecule has 21 heavy (non-hydrogen) atoms. The molecule has 1 aliphatic rings. The molecule has 2 heterocycles. The van der Waals surface area contributed by atoms with E-state index in [4.69, 9.17) is 10.00 Å². The van der Waals surface area contributed by atoms with Gasteiger partial charge >= 0.3 is 0 Å². The van der Waals surface area contributed by atoms with Gasteiger partial charge in [0.15, 0.2) is 0 Å². The van der Waals surface area contributed by atoms with Crippen LogP contribution < -0.4 is 9.64 Å². The average molecular weight is 279 g/mol. The Morgan fingerprint density at radius 1 is 1.24 bits per heavy atom. The first-order valence-electron chi connectivity index (χ1n) is 7.17. The maximum atomic E-state index is 8.83. The van der Waals surface area contributed by atoms with Crippen LogP contribution in [0.4, 0.5) is 5.82 Å². The van der Waals surface area contributed by atoms with Crippen molar-refractivity contribution >= 4 is 5.82 Å². The highest BCUT2D eigenvalue weighted by Gasteiger charge is 2.26. The monoisotopic (exact) mass is 279 g/mol. The number of pyridine rings is 1. The fraction of sp³-hybridized carbons (Fsp3) is 0.294. The lowest BCUT2D eigenvalue weighted by molar-refractivity contribution is 0.288. The highest BCUT2D eigenvalue weighted by molar-refractivity contribution is 5.44. The third-order valence-electron chi connectivity index (χ3n) is 3.73. The van der Waals surface area contributed by atoms with Crippen LogP contribution in [-0.4, -0.2) is 24.2 Å². The molecule has 1 fully saturated rings. The molecule has 0 aliphatic carbocycles. The predicted octanol–water partition coefficient (Wildman–Crippen LogP) is 3.00. The number of nitriles is 1. The molecule has 4 nitrogen and oxygen atoms in total. The summed E-state index contributed by atoms with van der Waals surface area (Å²) in [6, 6.07) is 16.0. The van der Waals surface area contributed by atoms with E-state index >= 15 is 0 Å². The predicted molar refractivity (Wildman–Crippen MR) is 81.3 cm³/mol. The molecule has 1 aliphatic heterocycles. The summed E-state index contributed by atoms with van der Waals surface area (Å²) in [6.45, 7) is 1.65. The van der Waals surface area contributed by atoms with Gasteiger partial charge in [0.1, 0.15) is 24.2 Å². The molecule has 0 N–H and O–H groups in total. The van der Waals surface area contributed by atoms with E-state index in [9.17, 15) is 0 Å². The topological polar surface area (TPSA) is 49.2 Å². The Balaban J connectivity index is 1.66. The second-order valence-electron chi connectivity index (χ2n) is 5.13. The number of benzene rings is 1. The number of ether oxygens (including phenoxy) is 1. The molecule has 1 saturated heterocycles. The third kappa shape index (κ3) is 3.14. The minimum atomic E-state index is 0.339. The minimum absolute atomic E-state index is 0.339. The summed E-state index contributed by atoms with van der Waals surface area (Å²) in [4.78, 5) is 6.65. The summed E-state index contributed by atoms with van der Waals surface area (Å²) in [5.41, 5.74) is 0.593. The summed E-state index contributed by atoms with van der Waals surface area (Å²) >= 11 is 0. The molecule has 0 spiro atoms. The zero-order chi connectivity index (χ0) is 14.5. The minimum Gasteiger partial charge on any atom is -0.491 e. The lowest BCUT2D eigenvalue weighted by Gasteiger charge is -2.25. The van der Waals surface area contributed by atoms with Crippen LogP contribution in [0.1, 0.15) is 18.4 Å². The summed E-state index contributed by atoms with van der Waals surface area (Å²) in [6.07, 6.45) is 3.88. The highest BCUT2D eigenvalue weighted by Crippen LogP contribution is 2.24. The summed E-state index contributed by atoms with van der Waals surface area (Å²) < 4.78 is 5.86. The molecule has 106 valence electrons. The van der Waals surface area contributed by atoms with Crippen molar-refractivity contribution in [3.05, 3.63) is 54.2 Å². The van der Waals surface area contributed by atoms with Gasteiger partial charge in [-0.3, -0.25) is 0 Å². The molecule has 0 radical (unpaired) electrons. The number of para-hydroxylation sites is 1. The molecule has 0 amide bonds. The van der Waals surface area contributed by atoms with Crippen LogP contribution in [0.5, 0.6) is 5.75 Å². The van der Waals surface area contributed by atoms with Crippen molar-refractivity contribution in [2.45, 2.75) is 18.9 Å². The van der Waals surface area contributed by atoms with Crippen LogP contribution in [0.15, 0.2) is 48.7 Å². The van der Waals surface area contributed by atoms with Crippen molar-refractivity contribution in [3.63, 3.8) is 0 Å². The van der Waals surface area contributed by atoms with E-state index in [0.29, 0.717) is 18.2 Å². The van der Waals surface area contributed by atoms with Gasteiger partial charge in [-0.05, 0) is 37.1 Å². The van der Waals surface area contributed by atoms with Crippen molar-refractivity contribution < 1.29 is 4.74 Å². The van der Waals surface area contributed by atoms with Crippen molar-refractivity contribution in [2.75, 3.05) is 18.1 Å². The molecule has 1 aromatic carbocycles. The smallest absolute Gasteiger partial charge is 0.128 e. The number of hydrogen-bond acceptors (Lipinski definition) is 4. The first kappa shape index (κ1) is 13.4. The van der Waals surface area contributed by atoms with E-state index in [1.807, 2.05) is 42.5 Å². The second-order valence-corrected chi connectivity index (χ2v) is 5.13. The maximum Gasteiger partial charge on any atom is 0.128 e. The van der Waals surface area contributed by atoms with Crippen LogP contribution in [0, 0.1) is 11.3 Å². The lowest BCUT2D eigenvalue weighted by atomic mass is 10.2. The summed E-state index contributed by atoms with van der Waals surface area (Å²) in [5, 5.41) is 8.83. The van der Waals surface area contributed by atoms with E-state index in [-0.39, 0.29) is 0 Å². The molecular formula is C17H17N3O. The summed E-state index contributed by atoms with van der Waals surface area (Å²) in [7, 11) is 0. The van der Waals surface area contributed by atoms with Crippen LogP contribution in [0.3, 0.4) is 0 Å². The number of hydrogen-bond donors (Lipinski definition) is 0. The zero-order valence-electron chi connectivity index (χ0n) is 11.8. The Bertz CT molecular complexity index is 619. The molecule has 0 bridgehead atoms. The van der Waals surface area contributed by atoms with Crippen molar-refractivity contribution in [1.82, 2.24) is 4.98 Å². The Morgan fingerprint density at radius 3 is 2.81 bits per heavy atom. The zero-order valence-corrected chi connectivity index (χ0v) is 11.8. The van der Waals surface area contributed by atoms with Gasteiger partial charge in [-0.1, -0.05) is 18.2 Å². The molecular weight excluding hydrogens is 262 g/mol. The Morgan fingerprint density at radius 2 is 2.10 bits per heavy atom. The van der Waals surface area contributed by atoms with Gasteiger partial charge in [0.25, 0.3) is 0 Å². The van der Waals surface area contributed by atoms with Gasteiger partial charge in [0.2, 0.25) is 0 Å². The Kier molecular flexibility index (Phi) is 4.02. The largest absolute Gasteiger partial charge is 0.491 e. The number of aromatic nitrogens is 1. The Labute approximate surface area is 124 Å². The molecule has 3 rings (SSSR count). The maximum absolute atomic E-state index is 8.83. The van der Waals surface area contributed by atoms with Crippen LogP contribution in [-0.2, 0) is 0 Å². The highest BCUT2D eigenvalue weighted by atomic mass is 16.5. The first-order chi connectivity index (χ1) is 10.4. The Hall–Kier alpha value is -2.54. The standard InChI is InChI=1S/C17H17N3O/c18-11-14-8-9-17(19-12-14)20-10-4-5-15(20)13-21-16-6-2-1-3-7-16/h1-3,6-9,12,15H,4-5,10,13H2/t15-/m0/s1. The number of anilines is 1. The lowest BCUT2D eigenvalue weighted by Crippen LogP contribution is -2.34.